The number of nitrogens with zero attached hydrogens (tertiary/aromatic N) is 1. The van der Waals surface area contributed by atoms with Crippen molar-refractivity contribution in [1.82, 2.24) is 15.5 Å². The number of amides is 2. The molecule has 0 aliphatic heterocycles. The highest BCUT2D eigenvalue weighted by molar-refractivity contribution is 5.68. The van der Waals surface area contributed by atoms with Gasteiger partial charge in [-0.3, -0.25) is 0 Å². The Kier molecular flexibility index (Phi) is 12.0. The highest BCUT2D eigenvalue weighted by atomic mass is 16.6. The first-order valence-electron chi connectivity index (χ1n) is 9.71. The Labute approximate surface area is 164 Å². The van der Waals surface area contributed by atoms with E-state index in [9.17, 15) is 9.59 Å². The van der Waals surface area contributed by atoms with Gasteiger partial charge in [0.05, 0.1) is 6.61 Å². The number of alkyl carbamates (subject to hydrolysis) is 1. The molecule has 0 fully saturated rings. The molecule has 0 unspecified atom stereocenters. The minimum Gasteiger partial charge on any atom is -0.444 e. The molecular formula is C19H39N3O5. The Bertz CT molecular complexity index is 430. The van der Waals surface area contributed by atoms with Gasteiger partial charge in [0.25, 0.3) is 0 Å². The first-order chi connectivity index (χ1) is 12.4. The van der Waals surface area contributed by atoms with Crippen LogP contribution in [0.15, 0.2) is 0 Å². The van der Waals surface area contributed by atoms with Gasteiger partial charge in [0.1, 0.15) is 11.2 Å². The van der Waals surface area contributed by atoms with E-state index in [0.717, 1.165) is 19.4 Å². The van der Waals surface area contributed by atoms with E-state index in [1.807, 2.05) is 41.5 Å². The molecule has 0 saturated carbocycles. The summed E-state index contributed by atoms with van der Waals surface area (Å²) >= 11 is 0. The number of carbonyl (C=O) groups excluding carboxylic acids is 2. The number of ether oxygens (including phenoxy) is 2. The number of rotatable bonds is 11. The molecule has 0 aliphatic rings. The first-order valence-corrected chi connectivity index (χ1v) is 9.71. The molecule has 0 atom stereocenters. The molecule has 0 bridgehead atoms. The minimum absolute atomic E-state index is 0.120. The molecule has 0 saturated heterocycles. The second kappa shape index (κ2) is 12.8. The number of unbranched alkanes of at least 4 members (excludes halogenated alkanes) is 1. The standard InChI is InChI=1S/C19H39N3O5/c1-18(2,3)26-16(24)21-11-9-14-22(17(25)27-19(4,5)6)13-8-7-10-20-12-15-23/h20,23H,7-15H2,1-6H3,(H,21,24). The van der Waals surface area contributed by atoms with Crippen molar-refractivity contribution in [3.05, 3.63) is 0 Å². The number of nitrogens with one attached hydrogen (secondary N) is 2. The molecule has 27 heavy (non-hydrogen) atoms. The van der Waals surface area contributed by atoms with Gasteiger partial charge in [0.2, 0.25) is 0 Å². The molecule has 8 heteroatoms. The van der Waals surface area contributed by atoms with E-state index >= 15 is 0 Å². The highest BCUT2D eigenvalue weighted by Gasteiger charge is 2.22. The van der Waals surface area contributed by atoms with E-state index in [-0.39, 0.29) is 12.7 Å². The second-order valence-corrected chi connectivity index (χ2v) is 8.43. The molecule has 0 aromatic carbocycles. The maximum atomic E-state index is 12.4. The first kappa shape index (κ1) is 25.5. The molecule has 0 aliphatic carbocycles. The van der Waals surface area contributed by atoms with Crippen LogP contribution < -0.4 is 10.6 Å². The van der Waals surface area contributed by atoms with E-state index in [0.29, 0.717) is 32.6 Å². The minimum atomic E-state index is -0.549. The SMILES string of the molecule is CC(C)(C)OC(=O)NCCCN(CCCCNCCO)C(=O)OC(C)(C)C. The monoisotopic (exact) mass is 389 g/mol. The molecule has 2 amide bonds. The topological polar surface area (TPSA) is 100 Å². The van der Waals surface area contributed by atoms with Crippen LogP contribution in [-0.4, -0.2) is 72.7 Å². The van der Waals surface area contributed by atoms with Crippen LogP contribution in [0.3, 0.4) is 0 Å². The highest BCUT2D eigenvalue weighted by Crippen LogP contribution is 2.11. The van der Waals surface area contributed by atoms with Crippen LogP contribution in [-0.2, 0) is 9.47 Å². The lowest BCUT2D eigenvalue weighted by Crippen LogP contribution is -2.39. The summed E-state index contributed by atoms with van der Waals surface area (Å²) in [6.07, 6.45) is 1.54. The van der Waals surface area contributed by atoms with Crippen molar-refractivity contribution >= 4 is 12.2 Å². The fraction of sp³-hybridized carbons (Fsp3) is 0.895. The summed E-state index contributed by atoms with van der Waals surface area (Å²) in [5, 5.41) is 14.6. The van der Waals surface area contributed by atoms with E-state index in [2.05, 4.69) is 10.6 Å². The molecule has 3 N–H and O–H groups in total. The lowest BCUT2D eigenvalue weighted by molar-refractivity contribution is 0.0245. The second-order valence-electron chi connectivity index (χ2n) is 8.43. The third-order valence-corrected chi connectivity index (χ3v) is 3.24. The Morgan fingerprint density at radius 1 is 0.852 bits per heavy atom. The molecule has 0 rings (SSSR count). The zero-order valence-electron chi connectivity index (χ0n) is 17.9. The van der Waals surface area contributed by atoms with Gasteiger partial charge in [-0.25, -0.2) is 9.59 Å². The van der Waals surface area contributed by atoms with Crippen molar-refractivity contribution in [2.75, 3.05) is 39.3 Å². The summed E-state index contributed by atoms with van der Waals surface area (Å²) < 4.78 is 10.7. The Hall–Kier alpha value is -1.54. The Morgan fingerprint density at radius 3 is 2.00 bits per heavy atom. The summed E-state index contributed by atoms with van der Waals surface area (Å²) in [4.78, 5) is 25.7. The Morgan fingerprint density at radius 2 is 1.44 bits per heavy atom. The van der Waals surface area contributed by atoms with Gasteiger partial charge in [-0.05, 0) is 67.3 Å². The van der Waals surface area contributed by atoms with Crippen molar-refractivity contribution in [3.63, 3.8) is 0 Å². The summed E-state index contributed by atoms with van der Waals surface area (Å²) in [6.45, 7) is 13.9. The fourth-order valence-corrected chi connectivity index (χ4v) is 2.15. The number of aliphatic hydroxyl groups excluding tert-OH is 1. The number of hydrogen-bond donors (Lipinski definition) is 3. The smallest absolute Gasteiger partial charge is 0.410 e. The third-order valence-electron chi connectivity index (χ3n) is 3.24. The van der Waals surface area contributed by atoms with Crippen molar-refractivity contribution in [3.8, 4) is 0 Å². The van der Waals surface area contributed by atoms with Gasteiger partial charge in [0, 0.05) is 26.2 Å². The van der Waals surface area contributed by atoms with Crippen LogP contribution in [0.4, 0.5) is 9.59 Å². The van der Waals surface area contributed by atoms with Gasteiger partial charge in [-0.1, -0.05) is 0 Å². The molecule has 0 heterocycles. The van der Waals surface area contributed by atoms with Crippen LogP contribution in [0.5, 0.6) is 0 Å². The van der Waals surface area contributed by atoms with E-state index in [4.69, 9.17) is 14.6 Å². The van der Waals surface area contributed by atoms with Gasteiger partial charge in [0.15, 0.2) is 0 Å². The quantitative estimate of drug-likeness (QED) is 0.470. The molecule has 0 radical (unpaired) electrons. The average molecular weight is 390 g/mol. The van der Waals surface area contributed by atoms with E-state index in [1.54, 1.807) is 4.90 Å². The van der Waals surface area contributed by atoms with E-state index < -0.39 is 17.3 Å². The molecule has 0 aromatic rings. The maximum Gasteiger partial charge on any atom is 0.410 e. The lowest BCUT2D eigenvalue weighted by Gasteiger charge is -2.27. The summed E-state index contributed by atoms with van der Waals surface area (Å²) in [5.41, 5.74) is -1.08. The van der Waals surface area contributed by atoms with Crippen LogP contribution in [0, 0.1) is 0 Å². The number of aliphatic hydroxyl groups is 1. The molecular weight excluding hydrogens is 350 g/mol. The van der Waals surface area contributed by atoms with Gasteiger partial charge in [-0.15, -0.1) is 0 Å². The van der Waals surface area contributed by atoms with Crippen LogP contribution in [0.1, 0.15) is 60.8 Å². The zero-order valence-corrected chi connectivity index (χ0v) is 17.9. The van der Waals surface area contributed by atoms with Crippen molar-refractivity contribution in [1.29, 1.82) is 0 Å². The summed E-state index contributed by atoms with van der Waals surface area (Å²) in [5.74, 6) is 0. The lowest BCUT2D eigenvalue weighted by atomic mass is 10.2. The predicted octanol–water partition coefficient (Wildman–Crippen LogP) is 2.50. The van der Waals surface area contributed by atoms with Crippen molar-refractivity contribution < 1.29 is 24.2 Å². The van der Waals surface area contributed by atoms with Gasteiger partial charge < -0.3 is 30.1 Å². The number of carbonyl (C=O) groups is 2. The Balaban J connectivity index is 4.32. The molecule has 0 spiro atoms. The van der Waals surface area contributed by atoms with Crippen molar-refractivity contribution in [2.24, 2.45) is 0 Å². The van der Waals surface area contributed by atoms with Crippen LogP contribution in [0.2, 0.25) is 0 Å². The van der Waals surface area contributed by atoms with Gasteiger partial charge in [-0.2, -0.15) is 0 Å². The van der Waals surface area contributed by atoms with Crippen LogP contribution in [0.25, 0.3) is 0 Å². The van der Waals surface area contributed by atoms with Crippen LogP contribution >= 0.6 is 0 Å². The number of hydrogen-bond acceptors (Lipinski definition) is 6. The van der Waals surface area contributed by atoms with Crippen molar-refractivity contribution in [2.45, 2.75) is 72.0 Å². The fourth-order valence-electron chi connectivity index (χ4n) is 2.15. The zero-order chi connectivity index (χ0) is 20.9. The summed E-state index contributed by atoms with van der Waals surface area (Å²) in [6, 6.07) is 0. The largest absolute Gasteiger partial charge is 0.444 e. The van der Waals surface area contributed by atoms with E-state index in [1.165, 1.54) is 0 Å². The third kappa shape index (κ3) is 16.4. The van der Waals surface area contributed by atoms with Gasteiger partial charge >= 0.3 is 12.2 Å². The summed E-state index contributed by atoms with van der Waals surface area (Å²) in [7, 11) is 0. The normalized spacial score (nSPS) is 11.8. The molecule has 160 valence electrons. The molecule has 0 aromatic heterocycles. The predicted molar refractivity (Wildman–Crippen MR) is 106 cm³/mol. The average Bonchev–Trinajstić information content (AvgIpc) is 2.49. The maximum absolute atomic E-state index is 12.4. The molecule has 8 nitrogen and oxygen atoms in total.